The van der Waals surface area contributed by atoms with E-state index in [-0.39, 0.29) is 19.2 Å². The molecule has 0 aromatic rings. The molecular formula is C27H50O6. The van der Waals surface area contributed by atoms with E-state index in [9.17, 15) is 19.8 Å². The lowest BCUT2D eigenvalue weighted by atomic mass is 10.0. The van der Waals surface area contributed by atoms with Crippen molar-refractivity contribution >= 4 is 11.8 Å². The predicted octanol–water partition coefficient (Wildman–Crippen LogP) is 5.65. The maximum atomic E-state index is 11.8. The number of aliphatic hydroxyl groups excluding tert-OH is 2. The van der Waals surface area contributed by atoms with Gasteiger partial charge < -0.3 is 19.7 Å². The summed E-state index contributed by atoms with van der Waals surface area (Å²) in [7, 11) is 0. The van der Waals surface area contributed by atoms with Crippen molar-refractivity contribution in [2.45, 2.75) is 147 Å². The number of carbonyl (C=O) groups is 2. The Balaban J connectivity index is 1.80. The van der Waals surface area contributed by atoms with Gasteiger partial charge in [-0.3, -0.25) is 9.59 Å². The van der Waals surface area contributed by atoms with E-state index in [1.165, 1.54) is 96.3 Å². The second-order valence-electron chi connectivity index (χ2n) is 9.69. The standard InChI is InChI=1S/C27H50O6/c1-2-3-4-5-6-7-8-9-10-11-12-13-14-15-16-17-18-19-20-25(29)33-22-24-27(31)26(30)23(28)21-32-24/h24,26-27,30-31H,2-22H2,1H3/t24-,26-,27-/m1/s1. The molecule has 6 nitrogen and oxygen atoms in total. The number of ether oxygens (including phenoxy) is 2. The van der Waals surface area contributed by atoms with Gasteiger partial charge >= 0.3 is 5.97 Å². The minimum absolute atomic E-state index is 0.136. The molecule has 0 bridgehead atoms. The topological polar surface area (TPSA) is 93.1 Å². The van der Waals surface area contributed by atoms with Crippen molar-refractivity contribution < 1.29 is 29.3 Å². The van der Waals surface area contributed by atoms with Crippen LogP contribution in [0.1, 0.15) is 129 Å². The molecule has 0 aromatic carbocycles. The number of rotatable bonds is 21. The van der Waals surface area contributed by atoms with Gasteiger partial charge in [-0.05, 0) is 6.42 Å². The molecule has 6 heteroatoms. The van der Waals surface area contributed by atoms with E-state index >= 15 is 0 Å². The van der Waals surface area contributed by atoms with Gasteiger partial charge in [-0.1, -0.05) is 116 Å². The Hall–Kier alpha value is -0.980. The normalized spacial score (nSPS) is 20.8. The van der Waals surface area contributed by atoms with E-state index in [1.807, 2.05) is 0 Å². The van der Waals surface area contributed by atoms with E-state index in [4.69, 9.17) is 9.47 Å². The average molecular weight is 471 g/mol. The van der Waals surface area contributed by atoms with Crippen LogP contribution in [-0.2, 0) is 19.1 Å². The Kier molecular flexibility index (Phi) is 18.6. The smallest absolute Gasteiger partial charge is 0.305 e. The first-order chi connectivity index (χ1) is 16.1. The lowest BCUT2D eigenvalue weighted by Crippen LogP contribution is -2.52. The fraction of sp³-hybridized carbons (Fsp3) is 0.926. The molecule has 3 atom stereocenters. The van der Waals surface area contributed by atoms with Crippen molar-refractivity contribution in [3.8, 4) is 0 Å². The zero-order valence-electron chi connectivity index (χ0n) is 21.1. The number of esters is 1. The number of Topliss-reactive ketones (excluding diaryl/α,β-unsaturated/α-hetero) is 1. The van der Waals surface area contributed by atoms with Crippen molar-refractivity contribution in [3.63, 3.8) is 0 Å². The molecule has 0 amide bonds. The molecule has 1 aliphatic rings. The Morgan fingerprint density at radius 2 is 1.21 bits per heavy atom. The lowest BCUT2D eigenvalue weighted by molar-refractivity contribution is -0.177. The fourth-order valence-electron chi connectivity index (χ4n) is 4.33. The van der Waals surface area contributed by atoms with Crippen LogP contribution in [0.2, 0.25) is 0 Å². The molecule has 0 spiro atoms. The maximum Gasteiger partial charge on any atom is 0.305 e. The Labute approximate surface area is 201 Å². The van der Waals surface area contributed by atoms with Crippen LogP contribution < -0.4 is 0 Å². The summed E-state index contributed by atoms with van der Waals surface area (Å²) in [5.41, 5.74) is 0. The largest absolute Gasteiger partial charge is 0.463 e. The summed E-state index contributed by atoms with van der Waals surface area (Å²) in [6.07, 6.45) is 20.2. The molecule has 0 unspecified atom stereocenters. The minimum atomic E-state index is -1.46. The summed E-state index contributed by atoms with van der Waals surface area (Å²) < 4.78 is 10.3. The number of ketones is 1. The van der Waals surface area contributed by atoms with Gasteiger partial charge in [-0.2, -0.15) is 0 Å². The van der Waals surface area contributed by atoms with Gasteiger partial charge in [0, 0.05) is 6.42 Å². The number of carbonyl (C=O) groups excluding carboxylic acids is 2. The zero-order valence-corrected chi connectivity index (χ0v) is 21.1. The molecule has 0 aromatic heterocycles. The van der Waals surface area contributed by atoms with Crippen LogP contribution in [0, 0.1) is 0 Å². The van der Waals surface area contributed by atoms with Gasteiger partial charge in [-0.15, -0.1) is 0 Å². The van der Waals surface area contributed by atoms with Gasteiger partial charge in [0.15, 0.2) is 5.78 Å². The number of aliphatic hydroxyl groups is 2. The monoisotopic (exact) mass is 470 g/mol. The quantitative estimate of drug-likeness (QED) is 0.166. The molecule has 1 aliphatic heterocycles. The van der Waals surface area contributed by atoms with Crippen LogP contribution in [0.3, 0.4) is 0 Å². The van der Waals surface area contributed by atoms with Gasteiger partial charge in [-0.25, -0.2) is 0 Å². The van der Waals surface area contributed by atoms with Gasteiger partial charge in [0.1, 0.15) is 31.5 Å². The third kappa shape index (κ3) is 15.5. The summed E-state index contributed by atoms with van der Waals surface area (Å²) in [5.74, 6) is -0.877. The second kappa shape index (κ2) is 20.4. The average Bonchev–Trinajstić information content (AvgIpc) is 2.81. The van der Waals surface area contributed by atoms with E-state index in [2.05, 4.69) is 6.92 Å². The molecule has 1 heterocycles. The van der Waals surface area contributed by atoms with Crippen molar-refractivity contribution in [2.75, 3.05) is 13.2 Å². The van der Waals surface area contributed by atoms with Crippen LogP contribution in [0.4, 0.5) is 0 Å². The summed E-state index contributed by atoms with van der Waals surface area (Å²) in [6.45, 7) is 1.87. The lowest BCUT2D eigenvalue weighted by Gasteiger charge is -2.30. The highest BCUT2D eigenvalue weighted by atomic mass is 16.6. The van der Waals surface area contributed by atoms with E-state index in [1.54, 1.807) is 0 Å². The van der Waals surface area contributed by atoms with Gasteiger partial charge in [0.2, 0.25) is 0 Å². The number of unbranched alkanes of at least 4 members (excludes halogenated alkanes) is 17. The predicted molar refractivity (Wildman–Crippen MR) is 131 cm³/mol. The minimum Gasteiger partial charge on any atom is -0.463 e. The SMILES string of the molecule is CCCCCCCCCCCCCCCCCCCCC(=O)OC[C@H]1OCC(=O)[C@@H](O)[C@@H]1O. The number of hydrogen-bond acceptors (Lipinski definition) is 6. The summed E-state index contributed by atoms with van der Waals surface area (Å²) in [4.78, 5) is 23.1. The first-order valence-corrected chi connectivity index (χ1v) is 13.7. The van der Waals surface area contributed by atoms with Crippen LogP contribution in [0.25, 0.3) is 0 Å². The van der Waals surface area contributed by atoms with Crippen LogP contribution in [0.15, 0.2) is 0 Å². The van der Waals surface area contributed by atoms with Crippen molar-refractivity contribution in [3.05, 3.63) is 0 Å². The Morgan fingerprint density at radius 3 is 1.67 bits per heavy atom. The first-order valence-electron chi connectivity index (χ1n) is 13.7. The molecule has 194 valence electrons. The zero-order chi connectivity index (χ0) is 24.2. The van der Waals surface area contributed by atoms with Gasteiger partial charge in [0.05, 0.1) is 0 Å². The highest BCUT2D eigenvalue weighted by Crippen LogP contribution is 2.16. The molecule has 0 aliphatic carbocycles. The fourth-order valence-corrected chi connectivity index (χ4v) is 4.33. The van der Waals surface area contributed by atoms with Crippen LogP contribution in [0.5, 0.6) is 0 Å². The third-order valence-electron chi connectivity index (χ3n) is 6.62. The van der Waals surface area contributed by atoms with E-state index < -0.39 is 24.1 Å². The summed E-state index contributed by atoms with van der Waals surface area (Å²) in [6, 6.07) is 0. The van der Waals surface area contributed by atoms with Crippen LogP contribution in [-0.4, -0.2) is 53.5 Å². The molecule has 0 radical (unpaired) electrons. The Morgan fingerprint density at radius 1 is 0.788 bits per heavy atom. The van der Waals surface area contributed by atoms with Crippen LogP contribution >= 0.6 is 0 Å². The molecule has 1 rings (SSSR count). The highest BCUT2D eigenvalue weighted by molar-refractivity contribution is 5.85. The molecule has 1 saturated heterocycles. The first kappa shape index (κ1) is 30.1. The van der Waals surface area contributed by atoms with Crippen molar-refractivity contribution in [2.24, 2.45) is 0 Å². The second-order valence-corrected chi connectivity index (χ2v) is 9.69. The van der Waals surface area contributed by atoms with Crippen molar-refractivity contribution in [1.82, 2.24) is 0 Å². The highest BCUT2D eigenvalue weighted by Gasteiger charge is 2.37. The Bertz CT molecular complexity index is 495. The molecule has 2 N–H and O–H groups in total. The molecule has 33 heavy (non-hydrogen) atoms. The number of hydrogen-bond donors (Lipinski definition) is 2. The third-order valence-corrected chi connectivity index (χ3v) is 6.62. The molecular weight excluding hydrogens is 420 g/mol. The van der Waals surface area contributed by atoms with E-state index in [0.29, 0.717) is 6.42 Å². The van der Waals surface area contributed by atoms with Crippen molar-refractivity contribution in [1.29, 1.82) is 0 Å². The summed E-state index contributed by atoms with van der Waals surface area (Å²) in [5, 5.41) is 19.3. The molecule has 0 saturated carbocycles. The maximum absolute atomic E-state index is 11.8. The summed E-state index contributed by atoms with van der Waals surface area (Å²) >= 11 is 0. The van der Waals surface area contributed by atoms with E-state index in [0.717, 1.165) is 19.3 Å². The molecule has 1 fully saturated rings. The van der Waals surface area contributed by atoms with Gasteiger partial charge in [0.25, 0.3) is 0 Å².